The van der Waals surface area contributed by atoms with Gasteiger partial charge in [0.2, 0.25) is 0 Å². The van der Waals surface area contributed by atoms with Crippen LogP contribution in [-0.2, 0) is 61.9 Å². The van der Waals surface area contributed by atoms with E-state index < -0.39 is 112 Å². The number of aliphatic hydroxyl groups is 1. The van der Waals surface area contributed by atoms with Gasteiger partial charge < -0.3 is 38.3 Å². The SMILES string of the molecule is C=C1[C@H]2O[C@H]2[C@H](OC(C)=O)[C@@]2(C)[C@@H](OC(C)=O)C[C@@H](OC(=O)CCC)[C@@](C)(OC(C)=O)[C@@H]2[C@H](OC(C)=O)[C@]2(O)C(C)C(=O)O[C@H]2[C@H]1Cl. The van der Waals surface area contributed by atoms with Gasteiger partial charge in [-0.25, -0.2) is 0 Å². The van der Waals surface area contributed by atoms with Crippen molar-refractivity contribution in [3.63, 3.8) is 0 Å². The average Bonchev–Trinajstić information content (AvgIpc) is 3.70. The Bertz CT molecular complexity index is 1350. The van der Waals surface area contributed by atoms with E-state index in [-0.39, 0.29) is 18.4 Å². The van der Waals surface area contributed by atoms with Crippen molar-refractivity contribution in [3.8, 4) is 0 Å². The molecule has 0 aromatic rings. The molecule has 2 heterocycles. The van der Waals surface area contributed by atoms with Gasteiger partial charge in [-0.05, 0) is 25.8 Å². The molecular weight excluding hydrogens is 644 g/mol. The number of rotatable bonds is 7. The number of carbonyl (C=O) groups excluding carboxylic acids is 6. The van der Waals surface area contributed by atoms with Crippen LogP contribution in [0.5, 0.6) is 0 Å². The molecule has 0 radical (unpaired) electrons. The molecule has 2 aliphatic carbocycles. The van der Waals surface area contributed by atoms with Crippen molar-refractivity contribution < 1.29 is 67.0 Å². The normalized spacial score (nSPS) is 42.3. The molecule has 0 bridgehead atoms. The summed E-state index contributed by atoms with van der Waals surface area (Å²) in [6, 6.07) is 0. The summed E-state index contributed by atoms with van der Waals surface area (Å²) < 4.78 is 41.4. The summed E-state index contributed by atoms with van der Waals surface area (Å²) in [4.78, 5) is 77.7. The lowest BCUT2D eigenvalue weighted by atomic mass is 9.50. The van der Waals surface area contributed by atoms with Gasteiger partial charge in [0.15, 0.2) is 17.3 Å². The number of hydrogen-bond acceptors (Lipinski definition) is 14. The summed E-state index contributed by atoms with van der Waals surface area (Å²) >= 11 is 6.87. The molecule has 13 atom stereocenters. The smallest absolute Gasteiger partial charge is 0.312 e. The van der Waals surface area contributed by atoms with E-state index in [0.29, 0.717) is 6.42 Å². The molecule has 2 aliphatic heterocycles. The number of ether oxygens (including phenoxy) is 7. The van der Waals surface area contributed by atoms with Crippen LogP contribution in [0.15, 0.2) is 12.2 Å². The predicted octanol–water partition coefficient (Wildman–Crippen LogP) is 2.08. The molecule has 1 N–H and O–H groups in total. The minimum absolute atomic E-state index is 0.0186. The lowest BCUT2D eigenvalue weighted by Gasteiger charge is -2.61. The number of hydrogen-bond donors (Lipinski definition) is 1. The van der Waals surface area contributed by atoms with E-state index in [0.717, 1.165) is 27.7 Å². The number of epoxide rings is 1. The molecule has 15 heteroatoms. The van der Waals surface area contributed by atoms with Crippen LogP contribution in [0.25, 0.3) is 0 Å². The van der Waals surface area contributed by atoms with Crippen LogP contribution in [0.3, 0.4) is 0 Å². The van der Waals surface area contributed by atoms with Gasteiger partial charge in [0.05, 0.1) is 22.6 Å². The first-order valence-electron chi connectivity index (χ1n) is 15.6. The zero-order valence-electron chi connectivity index (χ0n) is 27.7. The molecule has 2 saturated carbocycles. The minimum atomic E-state index is -2.47. The zero-order chi connectivity index (χ0) is 35.4. The molecule has 14 nitrogen and oxygen atoms in total. The third kappa shape index (κ3) is 6.24. The molecule has 0 aromatic carbocycles. The largest absolute Gasteiger partial charge is 0.462 e. The fraction of sp³-hybridized carbons (Fsp3) is 0.750. The molecule has 47 heavy (non-hydrogen) atoms. The Morgan fingerprint density at radius 3 is 2.04 bits per heavy atom. The third-order valence-electron chi connectivity index (χ3n) is 9.96. The Labute approximate surface area is 277 Å². The highest BCUT2D eigenvalue weighted by atomic mass is 35.5. The highest BCUT2D eigenvalue weighted by Crippen LogP contribution is 2.62. The molecule has 0 aromatic heterocycles. The monoisotopic (exact) mass is 686 g/mol. The van der Waals surface area contributed by atoms with Crippen molar-refractivity contribution in [1.82, 2.24) is 0 Å². The maximum atomic E-state index is 13.3. The van der Waals surface area contributed by atoms with E-state index in [1.54, 1.807) is 13.8 Å². The van der Waals surface area contributed by atoms with Gasteiger partial charge in [-0.3, -0.25) is 28.8 Å². The highest BCUT2D eigenvalue weighted by Gasteiger charge is 2.77. The summed E-state index contributed by atoms with van der Waals surface area (Å²) in [5.41, 5.74) is -6.06. The van der Waals surface area contributed by atoms with Crippen LogP contribution in [0.4, 0.5) is 0 Å². The van der Waals surface area contributed by atoms with Crippen LogP contribution in [0.1, 0.15) is 74.7 Å². The van der Waals surface area contributed by atoms with E-state index in [4.69, 9.17) is 44.8 Å². The lowest BCUT2D eigenvalue weighted by molar-refractivity contribution is -0.296. The first-order chi connectivity index (χ1) is 21.7. The van der Waals surface area contributed by atoms with Gasteiger partial charge in [-0.2, -0.15) is 0 Å². The van der Waals surface area contributed by atoms with Crippen LogP contribution >= 0.6 is 11.6 Å². The second kappa shape index (κ2) is 13.0. The maximum absolute atomic E-state index is 13.3. The summed E-state index contributed by atoms with van der Waals surface area (Å²) in [7, 11) is 0. The Morgan fingerprint density at radius 1 is 0.936 bits per heavy atom. The fourth-order valence-corrected chi connectivity index (χ4v) is 8.26. The second-order valence-electron chi connectivity index (χ2n) is 13.2. The lowest BCUT2D eigenvalue weighted by Crippen LogP contribution is -2.76. The molecule has 262 valence electrons. The molecule has 0 amide bonds. The molecule has 0 spiro atoms. The third-order valence-corrected chi connectivity index (χ3v) is 10.5. The number of fused-ring (bicyclic) bond motifs is 3. The van der Waals surface area contributed by atoms with Crippen LogP contribution < -0.4 is 0 Å². The topological polar surface area (TPSA) is 191 Å². The molecule has 4 rings (SSSR count). The van der Waals surface area contributed by atoms with Gasteiger partial charge >= 0.3 is 35.8 Å². The predicted molar refractivity (Wildman–Crippen MR) is 159 cm³/mol. The number of esters is 6. The fourth-order valence-electron chi connectivity index (χ4n) is 7.89. The maximum Gasteiger partial charge on any atom is 0.312 e. The van der Waals surface area contributed by atoms with E-state index in [9.17, 15) is 33.9 Å². The van der Waals surface area contributed by atoms with Gasteiger partial charge in [0, 0.05) is 40.5 Å². The second-order valence-corrected chi connectivity index (χ2v) is 13.7. The number of carbonyl (C=O) groups is 6. The standard InChI is InChI=1S/C32H43ClO14/c1-10-11-21(38)44-20-12-19(41-15(4)34)30(8)25(31(20,9)47-18(7)37)28(43-17(6)36)32(40)14(3)29(39)46-26(32)22(33)13(2)23-24(45-23)27(30)42-16(5)35/h14,19-20,22-28,40H,2,10-12H2,1,3-9H3/t14?,19-,20+,22-,23+,24+,25+,26-,27-,28-,30-,31+,32-/m0/s1. The van der Waals surface area contributed by atoms with E-state index in [1.807, 2.05) is 0 Å². The minimum Gasteiger partial charge on any atom is -0.462 e. The molecular formula is C32H43ClO14. The van der Waals surface area contributed by atoms with Crippen LogP contribution in [-0.4, -0.2) is 100 Å². The van der Waals surface area contributed by atoms with Crippen LogP contribution in [0.2, 0.25) is 0 Å². The van der Waals surface area contributed by atoms with Crippen molar-refractivity contribution in [3.05, 3.63) is 12.2 Å². The first kappa shape index (κ1) is 36.6. The van der Waals surface area contributed by atoms with Crippen molar-refractivity contribution in [2.24, 2.45) is 17.3 Å². The van der Waals surface area contributed by atoms with E-state index in [2.05, 4.69) is 6.58 Å². The summed E-state index contributed by atoms with van der Waals surface area (Å²) in [6.07, 6.45) is -9.24. The van der Waals surface area contributed by atoms with Crippen molar-refractivity contribution >= 4 is 47.4 Å². The highest BCUT2D eigenvalue weighted by molar-refractivity contribution is 6.23. The van der Waals surface area contributed by atoms with Gasteiger partial charge in [-0.15, -0.1) is 11.6 Å². The Kier molecular flexibility index (Phi) is 10.1. The van der Waals surface area contributed by atoms with Gasteiger partial charge in [0.1, 0.15) is 36.6 Å². The molecule has 4 aliphatic rings. The van der Waals surface area contributed by atoms with Crippen molar-refractivity contribution in [2.45, 2.75) is 134 Å². The number of alkyl halides is 1. The molecule has 4 fully saturated rings. The average molecular weight is 687 g/mol. The Balaban J connectivity index is 2.16. The Morgan fingerprint density at radius 2 is 1.51 bits per heavy atom. The molecule has 1 unspecified atom stereocenters. The van der Waals surface area contributed by atoms with Crippen LogP contribution in [0, 0.1) is 17.3 Å². The quantitative estimate of drug-likeness (QED) is 0.135. The van der Waals surface area contributed by atoms with Crippen molar-refractivity contribution in [2.75, 3.05) is 0 Å². The summed E-state index contributed by atoms with van der Waals surface area (Å²) in [6.45, 7) is 14.6. The first-order valence-corrected chi connectivity index (χ1v) is 16.0. The molecule has 2 saturated heterocycles. The zero-order valence-corrected chi connectivity index (χ0v) is 28.5. The summed E-state index contributed by atoms with van der Waals surface area (Å²) in [5, 5.41) is 11.5. The summed E-state index contributed by atoms with van der Waals surface area (Å²) in [5.74, 6) is -7.84. The Hall–Kier alpha value is -3.23. The van der Waals surface area contributed by atoms with E-state index >= 15 is 0 Å². The van der Waals surface area contributed by atoms with E-state index in [1.165, 1.54) is 13.8 Å². The van der Waals surface area contributed by atoms with Gasteiger partial charge in [-0.1, -0.05) is 20.4 Å². The van der Waals surface area contributed by atoms with Gasteiger partial charge in [0.25, 0.3) is 0 Å². The number of halogens is 1. The van der Waals surface area contributed by atoms with Crippen molar-refractivity contribution in [1.29, 1.82) is 0 Å².